The van der Waals surface area contributed by atoms with Gasteiger partial charge in [-0.1, -0.05) is 18.2 Å². The molecule has 0 amide bonds. The number of hydrogen-bond donors (Lipinski definition) is 0. The van der Waals surface area contributed by atoms with Gasteiger partial charge in [-0.2, -0.15) is 5.26 Å². The Morgan fingerprint density at radius 2 is 1.94 bits per heavy atom. The molecule has 1 aromatic heterocycles. The van der Waals surface area contributed by atoms with Gasteiger partial charge in [-0.25, -0.2) is 9.97 Å². The summed E-state index contributed by atoms with van der Waals surface area (Å²) in [5, 5.41) is 8.69. The zero-order valence-corrected chi connectivity index (χ0v) is 9.30. The van der Waals surface area contributed by atoms with Gasteiger partial charge in [0.2, 0.25) is 0 Å². The normalized spacial score (nSPS) is 14.3. The van der Waals surface area contributed by atoms with Crippen molar-refractivity contribution in [3.05, 3.63) is 47.8 Å². The van der Waals surface area contributed by atoms with E-state index in [4.69, 9.17) is 5.26 Å². The number of nitrogens with zero attached hydrogens (tertiary/aromatic N) is 3. The Kier molecular flexibility index (Phi) is 2.34. The van der Waals surface area contributed by atoms with E-state index in [0.717, 1.165) is 11.5 Å². The van der Waals surface area contributed by atoms with Crippen molar-refractivity contribution in [2.75, 3.05) is 0 Å². The van der Waals surface area contributed by atoms with Crippen LogP contribution >= 0.6 is 0 Å². The zero-order chi connectivity index (χ0) is 11.7. The second-order valence-electron chi connectivity index (χ2n) is 4.31. The maximum atomic E-state index is 8.69. The van der Waals surface area contributed by atoms with Gasteiger partial charge in [0.15, 0.2) is 5.82 Å². The lowest BCUT2D eigenvalue weighted by Gasteiger charge is -2.02. The number of benzene rings is 1. The molecule has 0 N–H and O–H groups in total. The predicted molar refractivity (Wildman–Crippen MR) is 64.2 cm³/mol. The van der Waals surface area contributed by atoms with Gasteiger partial charge in [0.25, 0.3) is 0 Å². The zero-order valence-electron chi connectivity index (χ0n) is 9.30. The van der Waals surface area contributed by atoms with Crippen LogP contribution < -0.4 is 0 Å². The second-order valence-corrected chi connectivity index (χ2v) is 4.31. The third-order valence-electron chi connectivity index (χ3n) is 2.97. The van der Waals surface area contributed by atoms with Crippen LogP contribution in [0, 0.1) is 11.3 Å². The quantitative estimate of drug-likeness (QED) is 0.783. The van der Waals surface area contributed by atoms with Crippen molar-refractivity contribution in [2.45, 2.75) is 18.8 Å². The minimum Gasteiger partial charge on any atom is -0.235 e. The van der Waals surface area contributed by atoms with Crippen molar-refractivity contribution >= 4 is 0 Å². The van der Waals surface area contributed by atoms with Crippen molar-refractivity contribution in [3.8, 4) is 17.5 Å². The highest BCUT2D eigenvalue weighted by atomic mass is 14.9. The molecule has 0 bridgehead atoms. The molecule has 17 heavy (non-hydrogen) atoms. The molecule has 0 radical (unpaired) electrons. The van der Waals surface area contributed by atoms with Crippen molar-refractivity contribution in [1.29, 1.82) is 5.26 Å². The third-order valence-corrected chi connectivity index (χ3v) is 2.97. The number of nitriles is 1. The maximum absolute atomic E-state index is 8.69. The Morgan fingerprint density at radius 1 is 1.18 bits per heavy atom. The van der Waals surface area contributed by atoms with Crippen molar-refractivity contribution in [1.82, 2.24) is 9.97 Å². The van der Waals surface area contributed by atoms with Crippen LogP contribution in [-0.2, 0) is 0 Å². The van der Waals surface area contributed by atoms with Crippen LogP contribution in [0.5, 0.6) is 0 Å². The summed E-state index contributed by atoms with van der Waals surface area (Å²) < 4.78 is 0. The standard InChI is InChI=1S/C14H11N3/c15-7-10-8-16-14(17-9-10)13-3-1-2-12(6-13)11-4-5-11/h1-3,6,8-9,11H,4-5H2. The van der Waals surface area contributed by atoms with E-state index in [1.165, 1.54) is 18.4 Å². The smallest absolute Gasteiger partial charge is 0.159 e. The highest BCUT2D eigenvalue weighted by Crippen LogP contribution is 2.40. The molecular formula is C14H11N3. The molecule has 0 spiro atoms. The Balaban J connectivity index is 1.96. The molecule has 3 rings (SSSR count). The Hall–Kier alpha value is -2.21. The van der Waals surface area contributed by atoms with Crippen LogP contribution in [0.15, 0.2) is 36.7 Å². The van der Waals surface area contributed by atoms with Gasteiger partial charge in [0.05, 0.1) is 5.56 Å². The molecule has 0 aliphatic heterocycles. The lowest BCUT2D eigenvalue weighted by Crippen LogP contribution is -1.90. The summed E-state index contributed by atoms with van der Waals surface area (Å²) in [7, 11) is 0. The fraction of sp³-hybridized carbons (Fsp3) is 0.214. The van der Waals surface area contributed by atoms with Gasteiger partial charge in [-0.3, -0.25) is 0 Å². The number of hydrogen-bond acceptors (Lipinski definition) is 3. The molecule has 0 atom stereocenters. The molecule has 1 fully saturated rings. The molecule has 1 aliphatic rings. The minimum atomic E-state index is 0.493. The van der Waals surface area contributed by atoms with Crippen molar-refractivity contribution in [2.24, 2.45) is 0 Å². The van der Waals surface area contributed by atoms with Crippen LogP contribution in [0.4, 0.5) is 0 Å². The SMILES string of the molecule is N#Cc1cnc(-c2cccc(C3CC3)c2)nc1. The topological polar surface area (TPSA) is 49.6 Å². The third kappa shape index (κ3) is 2.02. The first-order valence-corrected chi connectivity index (χ1v) is 5.69. The maximum Gasteiger partial charge on any atom is 0.159 e. The first kappa shape index (κ1) is 9.98. The summed E-state index contributed by atoms with van der Waals surface area (Å²) >= 11 is 0. The second kappa shape index (κ2) is 3.99. The monoisotopic (exact) mass is 221 g/mol. The van der Waals surface area contributed by atoms with Gasteiger partial charge >= 0.3 is 0 Å². The van der Waals surface area contributed by atoms with E-state index in [2.05, 4.69) is 22.1 Å². The summed E-state index contributed by atoms with van der Waals surface area (Å²) in [5.74, 6) is 1.42. The van der Waals surface area contributed by atoms with E-state index >= 15 is 0 Å². The van der Waals surface area contributed by atoms with Gasteiger partial charge in [0, 0.05) is 18.0 Å². The molecule has 3 nitrogen and oxygen atoms in total. The van der Waals surface area contributed by atoms with Gasteiger partial charge < -0.3 is 0 Å². The Morgan fingerprint density at radius 3 is 2.59 bits per heavy atom. The van der Waals surface area contributed by atoms with Crippen LogP contribution in [-0.4, -0.2) is 9.97 Å². The largest absolute Gasteiger partial charge is 0.235 e. The minimum absolute atomic E-state index is 0.493. The molecule has 82 valence electrons. The van der Waals surface area contributed by atoms with E-state index in [1.54, 1.807) is 12.4 Å². The van der Waals surface area contributed by atoms with Crippen LogP contribution in [0.1, 0.15) is 29.9 Å². The van der Waals surface area contributed by atoms with Crippen molar-refractivity contribution < 1.29 is 0 Å². The van der Waals surface area contributed by atoms with Crippen LogP contribution in [0.3, 0.4) is 0 Å². The van der Waals surface area contributed by atoms with Crippen molar-refractivity contribution in [3.63, 3.8) is 0 Å². The molecule has 0 saturated heterocycles. The van der Waals surface area contributed by atoms with E-state index in [9.17, 15) is 0 Å². The summed E-state index contributed by atoms with van der Waals surface area (Å²) in [5.41, 5.74) is 2.89. The summed E-state index contributed by atoms with van der Waals surface area (Å²) in [4.78, 5) is 8.41. The van der Waals surface area contributed by atoms with Gasteiger partial charge in [-0.05, 0) is 30.4 Å². The molecule has 3 heteroatoms. The van der Waals surface area contributed by atoms with Crippen LogP contribution in [0.2, 0.25) is 0 Å². The molecule has 2 aromatic rings. The highest BCUT2D eigenvalue weighted by Gasteiger charge is 2.23. The van der Waals surface area contributed by atoms with E-state index in [0.29, 0.717) is 11.4 Å². The number of rotatable bonds is 2. The van der Waals surface area contributed by atoms with Gasteiger partial charge in [0.1, 0.15) is 6.07 Å². The first-order valence-electron chi connectivity index (χ1n) is 5.69. The van der Waals surface area contributed by atoms with Crippen LogP contribution in [0.25, 0.3) is 11.4 Å². The Labute approximate surface area is 99.8 Å². The fourth-order valence-electron chi connectivity index (χ4n) is 1.88. The molecule has 1 aromatic carbocycles. The lowest BCUT2D eigenvalue weighted by molar-refractivity contribution is 1.12. The first-order chi connectivity index (χ1) is 8.36. The lowest BCUT2D eigenvalue weighted by atomic mass is 10.1. The molecule has 1 saturated carbocycles. The van der Waals surface area contributed by atoms with E-state index < -0.39 is 0 Å². The van der Waals surface area contributed by atoms with Gasteiger partial charge in [-0.15, -0.1) is 0 Å². The fourth-order valence-corrected chi connectivity index (χ4v) is 1.88. The average molecular weight is 221 g/mol. The molecule has 0 unspecified atom stereocenters. The van der Waals surface area contributed by atoms with E-state index in [-0.39, 0.29) is 0 Å². The van der Waals surface area contributed by atoms with E-state index in [1.807, 2.05) is 18.2 Å². The average Bonchev–Trinajstić information content (AvgIpc) is 3.23. The Bertz CT molecular complexity index is 577. The summed E-state index contributed by atoms with van der Waals surface area (Å²) in [6.45, 7) is 0. The molecule has 1 aliphatic carbocycles. The predicted octanol–water partition coefficient (Wildman–Crippen LogP) is 2.89. The highest BCUT2D eigenvalue weighted by molar-refractivity contribution is 5.56. The molecule has 1 heterocycles. The molecular weight excluding hydrogens is 210 g/mol. The summed E-state index contributed by atoms with van der Waals surface area (Å²) in [6.07, 6.45) is 5.70. The number of aromatic nitrogens is 2. The summed E-state index contributed by atoms with van der Waals surface area (Å²) in [6, 6.07) is 10.4.